The van der Waals surface area contributed by atoms with Gasteiger partial charge in [0.25, 0.3) is 5.56 Å². The molecule has 0 radical (unpaired) electrons. The van der Waals surface area contributed by atoms with E-state index in [-0.39, 0.29) is 17.9 Å². The second-order valence-electron chi connectivity index (χ2n) is 7.35. The molecule has 3 heterocycles. The van der Waals surface area contributed by atoms with Crippen LogP contribution in [0.2, 0.25) is 0 Å². The Morgan fingerprint density at radius 3 is 2.31 bits per heavy atom. The van der Waals surface area contributed by atoms with E-state index in [1.165, 1.54) is 23.0 Å². The minimum atomic E-state index is -5.08. The largest absolute Gasteiger partial charge is 0.490 e. The Morgan fingerprint density at radius 1 is 1.16 bits per heavy atom. The normalized spacial score (nSPS) is 15.8. The number of nitrogens with zero attached hydrogens (tertiary/aromatic N) is 3. The summed E-state index contributed by atoms with van der Waals surface area (Å²) in [6.07, 6.45) is -0.650. The minimum Gasteiger partial charge on any atom is -0.475 e. The molecule has 0 spiro atoms. The zero-order valence-electron chi connectivity index (χ0n) is 16.6. The van der Waals surface area contributed by atoms with E-state index in [1.54, 1.807) is 29.0 Å². The lowest BCUT2D eigenvalue weighted by Crippen LogP contribution is -2.46. The molecule has 3 aromatic rings. The molecule has 0 atom stereocenters. The number of hydrogen-bond donors (Lipinski definition) is 3. The van der Waals surface area contributed by atoms with Gasteiger partial charge in [-0.15, -0.1) is 0 Å². The molecule has 1 aliphatic heterocycles. The number of benzene rings is 1. The molecular weight excluding hydrogens is 436 g/mol. The summed E-state index contributed by atoms with van der Waals surface area (Å²) in [5.74, 6) is -3.07. The van der Waals surface area contributed by atoms with Crippen molar-refractivity contribution in [2.75, 3.05) is 13.1 Å². The molecule has 3 N–H and O–H groups in total. The molecule has 32 heavy (non-hydrogen) atoms. The fraction of sp³-hybridized carbons (Fsp3) is 0.350. The molecule has 1 fully saturated rings. The maximum atomic E-state index is 13.1. The highest BCUT2D eigenvalue weighted by Gasteiger charge is 2.38. The number of aromatic nitrogens is 3. The third-order valence-corrected chi connectivity index (χ3v) is 5.02. The number of hydrogen-bond acceptors (Lipinski definition) is 5. The highest BCUT2D eigenvalue weighted by molar-refractivity contribution is 5.77. The van der Waals surface area contributed by atoms with Crippen molar-refractivity contribution in [3.05, 3.63) is 59.0 Å². The maximum absolute atomic E-state index is 13.1. The Bertz CT molecular complexity index is 1150. The number of fused-ring (bicyclic) bond motifs is 1. The summed E-state index contributed by atoms with van der Waals surface area (Å²) in [4.78, 5) is 26.1. The van der Waals surface area contributed by atoms with Crippen LogP contribution in [-0.2, 0) is 11.3 Å². The van der Waals surface area contributed by atoms with Crippen molar-refractivity contribution in [3.8, 4) is 5.69 Å². The van der Waals surface area contributed by atoms with Gasteiger partial charge in [0.1, 0.15) is 12.1 Å². The minimum absolute atomic E-state index is 0.183. The molecule has 1 aromatic carbocycles. The average molecular weight is 456 g/mol. The van der Waals surface area contributed by atoms with Crippen molar-refractivity contribution < 1.29 is 32.6 Å². The number of carboxylic acids is 1. The summed E-state index contributed by atoms with van der Waals surface area (Å²) < 4.78 is 48.1. The van der Waals surface area contributed by atoms with Gasteiger partial charge < -0.3 is 20.1 Å². The third-order valence-electron chi connectivity index (χ3n) is 5.02. The predicted octanol–water partition coefficient (Wildman–Crippen LogP) is 2.07. The van der Waals surface area contributed by atoms with Crippen LogP contribution in [0.4, 0.5) is 17.6 Å². The maximum Gasteiger partial charge on any atom is 0.490 e. The smallest absolute Gasteiger partial charge is 0.475 e. The van der Waals surface area contributed by atoms with E-state index < -0.39 is 17.7 Å². The lowest BCUT2D eigenvalue weighted by atomic mass is 9.92. The fourth-order valence-corrected chi connectivity index (χ4v) is 3.34. The first-order chi connectivity index (χ1) is 15.0. The molecular formula is C20H20F4N4O4. The second-order valence-corrected chi connectivity index (χ2v) is 7.35. The van der Waals surface area contributed by atoms with Crippen LogP contribution in [0.3, 0.4) is 0 Å². The quantitative estimate of drug-likeness (QED) is 0.521. The monoisotopic (exact) mass is 456 g/mol. The molecule has 0 unspecified atom stereocenters. The number of carboxylic acid groups (broad SMARTS) is 1. The topological polar surface area (TPSA) is 109 Å². The van der Waals surface area contributed by atoms with Crippen molar-refractivity contribution >= 4 is 17.0 Å². The number of nitrogens with one attached hydrogen (secondary N) is 1. The molecule has 2 aromatic heterocycles. The number of aliphatic hydroxyl groups is 1. The summed E-state index contributed by atoms with van der Waals surface area (Å²) in [6, 6.07) is 7.72. The lowest BCUT2D eigenvalue weighted by molar-refractivity contribution is -0.192. The van der Waals surface area contributed by atoms with E-state index in [4.69, 9.17) is 9.90 Å². The molecule has 12 heteroatoms. The van der Waals surface area contributed by atoms with Gasteiger partial charge in [-0.05, 0) is 56.3 Å². The van der Waals surface area contributed by atoms with Crippen LogP contribution in [0.1, 0.15) is 12.8 Å². The van der Waals surface area contributed by atoms with Gasteiger partial charge in [-0.2, -0.15) is 13.2 Å². The number of rotatable bonds is 3. The van der Waals surface area contributed by atoms with Gasteiger partial charge in [-0.25, -0.2) is 14.2 Å². The highest BCUT2D eigenvalue weighted by atomic mass is 19.4. The third kappa shape index (κ3) is 5.32. The Balaban J connectivity index is 0.000000360. The van der Waals surface area contributed by atoms with Crippen molar-refractivity contribution in [1.82, 2.24) is 19.4 Å². The number of piperidine rings is 1. The van der Waals surface area contributed by atoms with Gasteiger partial charge in [0.05, 0.1) is 17.5 Å². The molecule has 172 valence electrons. The van der Waals surface area contributed by atoms with E-state index in [2.05, 4.69) is 10.3 Å². The summed E-state index contributed by atoms with van der Waals surface area (Å²) in [6.45, 7) is 1.71. The Hall–Kier alpha value is -3.25. The van der Waals surface area contributed by atoms with Gasteiger partial charge in [0, 0.05) is 11.9 Å². The average Bonchev–Trinajstić information content (AvgIpc) is 3.16. The van der Waals surface area contributed by atoms with Gasteiger partial charge in [0.15, 0.2) is 5.65 Å². The molecule has 1 aliphatic rings. The van der Waals surface area contributed by atoms with Crippen LogP contribution in [-0.4, -0.2) is 55.2 Å². The zero-order chi connectivity index (χ0) is 23.5. The molecule has 0 saturated carbocycles. The van der Waals surface area contributed by atoms with Crippen molar-refractivity contribution in [2.24, 2.45) is 0 Å². The van der Waals surface area contributed by atoms with Gasteiger partial charge in [-0.3, -0.25) is 9.36 Å². The lowest BCUT2D eigenvalue weighted by Gasteiger charge is -2.32. The summed E-state index contributed by atoms with van der Waals surface area (Å²) >= 11 is 0. The second kappa shape index (κ2) is 9.09. The van der Waals surface area contributed by atoms with Crippen LogP contribution >= 0.6 is 0 Å². The van der Waals surface area contributed by atoms with E-state index >= 15 is 0 Å². The molecule has 0 bridgehead atoms. The number of carbonyl (C=O) groups is 1. The summed E-state index contributed by atoms with van der Waals surface area (Å²) in [5.41, 5.74) is 0.185. The Kier molecular flexibility index (Phi) is 6.65. The van der Waals surface area contributed by atoms with Crippen LogP contribution < -0.4 is 10.9 Å². The molecule has 1 saturated heterocycles. The standard InChI is InChI=1S/C18H19FN4O2.C2HF3O2/c19-13-1-3-14(4-2-13)23-10-5-15-16(23)21-12-22(17(15)24)11-18(25)6-8-20-9-7-18;3-2(4,5)1(6)7/h1-5,10,12,20,25H,6-9,11H2;(H,6,7). The fourth-order valence-electron chi connectivity index (χ4n) is 3.34. The van der Waals surface area contributed by atoms with E-state index in [0.717, 1.165) is 18.8 Å². The molecule has 4 rings (SSSR count). The van der Waals surface area contributed by atoms with Crippen molar-refractivity contribution in [3.63, 3.8) is 0 Å². The molecule has 8 nitrogen and oxygen atoms in total. The SMILES string of the molecule is O=C(O)C(F)(F)F.O=c1c2ccn(-c3ccc(F)cc3)c2ncn1CC1(O)CCNCC1. The Labute approximate surface area is 178 Å². The predicted molar refractivity (Wildman–Crippen MR) is 106 cm³/mol. The van der Waals surface area contributed by atoms with Crippen LogP contribution in [0.5, 0.6) is 0 Å². The first-order valence-electron chi connectivity index (χ1n) is 9.56. The van der Waals surface area contributed by atoms with E-state index in [9.17, 15) is 27.5 Å². The van der Waals surface area contributed by atoms with E-state index in [0.29, 0.717) is 23.9 Å². The van der Waals surface area contributed by atoms with Crippen LogP contribution in [0.15, 0.2) is 47.7 Å². The first-order valence-corrected chi connectivity index (χ1v) is 9.56. The summed E-state index contributed by atoms with van der Waals surface area (Å²) in [5, 5.41) is 21.5. The zero-order valence-corrected chi connectivity index (χ0v) is 16.6. The van der Waals surface area contributed by atoms with Gasteiger partial charge in [0.2, 0.25) is 0 Å². The molecule has 0 amide bonds. The first kappa shape index (κ1) is 23.4. The van der Waals surface area contributed by atoms with Crippen LogP contribution in [0.25, 0.3) is 16.7 Å². The number of alkyl halides is 3. The van der Waals surface area contributed by atoms with Gasteiger partial charge in [-0.1, -0.05) is 0 Å². The van der Waals surface area contributed by atoms with Crippen LogP contribution in [0, 0.1) is 5.82 Å². The molecule has 0 aliphatic carbocycles. The van der Waals surface area contributed by atoms with Crippen molar-refractivity contribution in [1.29, 1.82) is 0 Å². The number of halogens is 4. The van der Waals surface area contributed by atoms with E-state index in [1.807, 2.05) is 0 Å². The van der Waals surface area contributed by atoms with Gasteiger partial charge >= 0.3 is 12.1 Å². The summed E-state index contributed by atoms with van der Waals surface area (Å²) in [7, 11) is 0. The van der Waals surface area contributed by atoms with Crippen molar-refractivity contribution in [2.45, 2.75) is 31.2 Å². The Morgan fingerprint density at radius 2 is 1.75 bits per heavy atom. The highest BCUT2D eigenvalue weighted by Crippen LogP contribution is 2.21. The number of aliphatic carboxylic acids is 1.